The highest BCUT2D eigenvalue weighted by molar-refractivity contribution is 5.88. The number of carbonyl (C=O) groups excluding carboxylic acids is 1. The molecule has 0 aliphatic rings. The zero-order valence-corrected chi connectivity index (χ0v) is 12.5. The third-order valence-corrected chi connectivity index (χ3v) is 3.60. The van der Waals surface area contributed by atoms with Gasteiger partial charge in [0.05, 0.1) is 12.6 Å². The molecular weight excluding hydrogens is 292 g/mol. The maximum Gasteiger partial charge on any atom is 0.320 e. The second kappa shape index (κ2) is 6.93. The number of H-pyrrole nitrogens is 1. The molecule has 3 aromatic rings. The minimum Gasteiger partial charge on any atom is -0.394 e. The Kier molecular flexibility index (Phi) is 4.54. The van der Waals surface area contributed by atoms with Crippen molar-refractivity contribution in [2.45, 2.75) is 12.5 Å². The summed E-state index contributed by atoms with van der Waals surface area (Å²) in [6, 6.07) is 12.4. The number of urea groups is 1. The summed E-state index contributed by atoms with van der Waals surface area (Å²) in [5.74, 6) is 0.466. The topological polar surface area (TPSA) is 90.0 Å². The Morgan fingerprint density at radius 2 is 2.04 bits per heavy atom. The number of nitrogens with zero attached hydrogens (tertiary/aromatic N) is 1. The van der Waals surface area contributed by atoms with Crippen molar-refractivity contribution in [1.29, 1.82) is 0 Å². The van der Waals surface area contributed by atoms with Crippen LogP contribution in [-0.2, 0) is 6.42 Å². The number of aliphatic hydroxyl groups excluding tert-OH is 1. The van der Waals surface area contributed by atoms with Crippen LogP contribution in [0.25, 0.3) is 10.9 Å². The molecule has 4 N–H and O–H groups in total. The number of carbonyl (C=O) groups is 1. The summed E-state index contributed by atoms with van der Waals surface area (Å²) < 4.78 is 0. The average Bonchev–Trinajstić information content (AvgIpc) is 2.98. The van der Waals surface area contributed by atoms with Gasteiger partial charge in [0.25, 0.3) is 0 Å². The number of pyridine rings is 1. The molecule has 0 fully saturated rings. The van der Waals surface area contributed by atoms with Crippen LogP contribution in [0.4, 0.5) is 10.6 Å². The van der Waals surface area contributed by atoms with E-state index in [0.29, 0.717) is 12.2 Å². The van der Waals surface area contributed by atoms with Crippen LogP contribution < -0.4 is 10.6 Å². The first-order valence-electron chi connectivity index (χ1n) is 7.40. The highest BCUT2D eigenvalue weighted by Gasteiger charge is 2.14. The monoisotopic (exact) mass is 310 g/mol. The Morgan fingerprint density at radius 1 is 1.22 bits per heavy atom. The van der Waals surface area contributed by atoms with Crippen LogP contribution in [0, 0.1) is 0 Å². The van der Waals surface area contributed by atoms with Crippen LogP contribution in [-0.4, -0.2) is 33.8 Å². The number of aromatic nitrogens is 2. The number of rotatable bonds is 5. The average molecular weight is 310 g/mol. The quantitative estimate of drug-likeness (QED) is 0.583. The SMILES string of the molecule is O=C(Nc1ccccn1)NC(CO)Cc1c[nH]c2ccccc12. The molecule has 3 rings (SSSR count). The number of fused-ring (bicyclic) bond motifs is 1. The smallest absolute Gasteiger partial charge is 0.320 e. The van der Waals surface area contributed by atoms with Crippen molar-refractivity contribution in [3.8, 4) is 0 Å². The van der Waals surface area contributed by atoms with E-state index in [-0.39, 0.29) is 18.7 Å². The number of nitrogens with one attached hydrogen (secondary N) is 3. The molecule has 6 nitrogen and oxygen atoms in total. The van der Waals surface area contributed by atoms with E-state index >= 15 is 0 Å². The van der Waals surface area contributed by atoms with Crippen molar-refractivity contribution < 1.29 is 9.90 Å². The zero-order chi connectivity index (χ0) is 16.1. The Balaban J connectivity index is 1.65. The lowest BCUT2D eigenvalue weighted by Crippen LogP contribution is -2.41. The molecule has 0 bridgehead atoms. The number of benzene rings is 1. The number of para-hydroxylation sites is 1. The molecule has 0 aliphatic carbocycles. The van der Waals surface area contributed by atoms with Gasteiger partial charge in [0.1, 0.15) is 5.82 Å². The van der Waals surface area contributed by atoms with Gasteiger partial charge in [0.15, 0.2) is 0 Å². The minimum atomic E-state index is -0.386. The van der Waals surface area contributed by atoms with E-state index in [9.17, 15) is 9.90 Å². The summed E-state index contributed by atoms with van der Waals surface area (Å²) in [6.07, 6.45) is 4.05. The first kappa shape index (κ1) is 15.1. The van der Waals surface area contributed by atoms with E-state index in [0.717, 1.165) is 16.5 Å². The first-order valence-corrected chi connectivity index (χ1v) is 7.40. The molecule has 2 heterocycles. The van der Waals surface area contributed by atoms with Gasteiger partial charge in [-0.3, -0.25) is 5.32 Å². The number of aromatic amines is 1. The van der Waals surface area contributed by atoms with Gasteiger partial charge in [0, 0.05) is 23.3 Å². The zero-order valence-electron chi connectivity index (χ0n) is 12.5. The fourth-order valence-electron chi connectivity index (χ4n) is 2.50. The van der Waals surface area contributed by atoms with Gasteiger partial charge in [-0.2, -0.15) is 0 Å². The number of aliphatic hydroxyl groups is 1. The normalized spacial score (nSPS) is 12.0. The third-order valence-electron chi connectivity index (χ3n) is 3.60. The van der Waals surface area contributed by atoms with E-state index in [1.54, 1.807) is 24.4 Å². The number of hydrogen-bond donors (Lipinski definition) is 4. The third kappa shape index (κ3) is 3.67. The van der Waals surface area contributed by atoms with Crippen LogP contribution in [0.15, 0.2) is 54.9 Å². The molecule has 0 saturated heterocycles. The van der Waals surface area contributed by atoms with Crippen molar-refractivity contribution in [2.75, 3.05) is 11.9 Å². The van der Waals surface area contributed by atoms with Gasteiger partial charge < -0.3 is 15.4 Å². The molecule has 1 unspecified atom stereocenters. The number of hydrogen-bond acceptors (Lipinski definition) is 3. The van der Waals surface area contributed by atoms with Crippen LogP contribution in [0.2, 0.25) is 0 Å². The van der Waals surface area contributed by atoms with Gasteiger partial charge >= 0.3 is 6.03 Å². The van der Waals surface area contributed by atoms with Crippen molar-refractivity contribution in [3.63, 3.8) is 0 Å². The molecule has 0 radical (unpaired) electrons. The second-order valence-corrected chi connectivity index (χ2v) is 5.26. The molecule has 0 saturated carbocycles. The maximum atomic E-state index is 12.0. The first-order chi connectivity index (χ1) is 11.3. The number of anilines is 1. The lowest BCUT2D eigenvalue weighted by molar-refractivity contribution is 0.224. The standard InChI is InChI=1S/C17H18N4O2/c22-11-13(20-17(23)21-16-7-3-4-8-18-16)9-12-10-19-15-6-2-1-5-14(12)15/h1-8,10,13,19,22H,9,11H2,(H2,18,20,21,23). The predicted octanol–water partition coefficient (Wildman–Crippen LogP) is 2.29. The molecule has 1 atom stereocenters. The molecule has 0 aliphatic heterocycles. The Morgan fingerprint density at radius 3 is 2.83 bits per heavy atom. The van der Waals surface area contributed by atoms with Crippen LogP contribution in [0.5, 0.6) is 0 Å². The van der Waals surface area contributed by atoms with E-state index in [1.165, 1.54) is 0 Å². The molecule has 2 aromatic heterocycles. The Labute approximate surface area is 133 Å². The molecule has 2 amide bonds. The molecular formula is C17H18N4O2. The van der Waals surface area contributed by atoms with Crippen LogP contribution >= 0.6 is 0 Å². The summed E-state index contributed by atoms with van der Waals surface area (Å²) in [5.41, 5.74) is 2.09. The van der Waals surface area contributed by atoms with Gasteiger partial charge in [0.2, 0.25) is 0 Å². The highest BCUT2D eigenvalue weighted by Crippen LogP contribution is 2.19. The summed E-state index contributed by atoms with van der Waals surface area (Å²) >= 11 is 0. The van der Waals surface area contributed by atoms with Crippen molar-refractivity contribution in [1.82, 2.24) is 15.3 Å². The maximum absolute atomic E-state index is 12.0. The summed E-state index contributed by atoms with van der Waals surface area (Å²) in [5, 5.41) is 16.0. The summed E-state index contributed by atoms with van der Waals surface area (Å²) in [4.78, 5) is 19.2. The molecule has 0 spiro atoms. The van der Waals surface area contributed by atoms with Crippen LogP contribution in [0.3, 0.4) is 0 Å². The summed E-state index contributed by atoms with van der Waals surface area (Å²) in [7, 11) is 0. The van der Waals surface area contributed by atoms with Gasteiger partial charge in [-0.1, -0.05) is 24.3 Å². The lowest BCUT2D eigenvalue weighted by atomic mass is 10.1. The van der Waals surface area contributed by atoms with E-state index in [1.807, 2.05) is 30.5 Å². The van der Waals surface area contributed by atoms with Crippen molar-refractivity contribution >= 4 is 22.8 Å². The van der Waals surface area contributed by atoms with Crippen molar-refractivity contribution in [2.24, 2.45) is 0 Å². The van der Waals surface area contributed by atoms with E-state index < -0.39 is 0 Å². The van der Waals surface area contributed by atoms with Crippen LogP contribution in [0.1, 0.15) is 5.56 Å². The summed E-state index contributed by atoms with van der Waals surface area (Å²) in [6.45, 7) is -0.144. The largest absolute Gasteiger partial charge is 0.394 e. The fraction of sp³-hybridized carbons (Fsp3) is 0.176. The number of amides is 2. The molecule has 6 heteroatoms. The Bertz CT molecular complexity index is 785. The van der Waals surface area contributed by atoms with Gasteiger partial charge in [-0.15, -0.1) is 0 Å². The van der Waals surface area contributed by atoms with Gasteiger partial charge in [-0.05, 0) is 30.2 Å². The minimum absolute atomic E-state index is 0.144. The molecule has 23 heavy (non-hydrogen) atoms. The fourth-order valence-corrected chi connectivity index (χ4v) is 2.50. The molecule has 118 valence electrons. The second-order valence-electron chi connectivity index (χ2n) is 5.26. The highest BCUT2D eigenvalue weighted by atomic mass is 16.3. The molecule has 1 aromatic carbocycles. The Hall–Kier alpha value is -2.86. The lowest BCUT2D eigenvalue weighted by Gasteiger charge is -2.16. The van der Waals surface area contributed by atoms with E-state index in [2.05, 4.69) is 20.6 Å². The van der Waals surface area contributed by atoms with Crippen molar-refractivity contribution in [3.05, 3.63) is 60.4 Å². The van der Waals surface area contributed by atoms with E-state index in [4.69, 9.17) is 0 Å². The predicted molar refractivity (Wildman–Crippen MR) is 89.3 cm³/mol. The van der Waals surface area contributed by atoms with Gasteiger partial charge in [-0.25, -0.2) is 9.78 Å².